The van der Waals surface area contributed by atoms with Gasteiger partial charge in [0, 0.05) is 36.0 Å². The Kier molecular flexibility index (Phi) is 4.69. The number of piperidine rings is 1. The van der Waals surface area contributed by atoms with Crippen molar-refractivity contribution in [2.75, 3.05) is 19.9 Å². The van der Waals surface area contributed by atoms with Crippen molar-refractivity contribution in [2.24, 2.45) is 5.92 Å². The van der Waals surface area contributed by atoms with Gasteiger partial charge in [-0.25, -0.2) is 0 Å². The molecule has 0 saturated carbocycles. The van der Waals surface area contributed by atoms with E-state index in [2.05, 4.69) is 20.0 Å². The highest BCUT2D eigenvalue weighted by molar-refractivity contribution is 5.97. The highest BCUT2D eigenvalue weighted by Gasteiger charge is 2.28. The number of ether oxygens (including phenoxy) is 2. The summed E-state index contributed by atoms with van der Waals surface area (Å²) in [5, 5.41) is 4.09. The molecule has 0 spiro atoms. The third-order valence-electron chi connectivity index (χ3n) is 5.28. The maximum Gasteiger partial charge on any atom is 0.241 e. The van der Waals surface area contributed by atoms with Crippen molar-refractivity contribution in [1.29, 1.82) is 0 Å². The summed E-state index contributed by atoms with van der Waals surface area (Å²) in [5.74, 6) is 2.56. The van der Waals surface area contributed by atoms with E-state index >= 15 is 0 Å². The van der Waals surface area contributed by atoms with Crippen molar-refractivity contribution < 1.29 is 18.8 Å². The van der Waals surface area contributed by atoms with E-state index in [4.69, 9.17) is 14.0 Å². The molecule has 148 valence electrons. The molecule has 1 atom stereocenters. The number of hydrogen-bond acceptors (Lipinski definition) is 8. The SMILES string of the molecule is O=C(c1cccnc1)C1CCCN(Cc2nc(-c3ccc4c(c3)OCO4)no2)C1. The van der Waals surface area contributed by atoms with Crippen LogP contribution in [-0.4, -0.2) is 45.7 Å². The summed E-state index contributed by atoms with van der Waals surface area (Å²) in [5.41, 5.74) is 1.48. The lowest BCUT2D eigenvalue weighted by Crippen LogP contribution is -2.38. The number of hydrogen-bond donors (Lipinski definition) is 0. The minimum absolute atomic E-state index is 0.0378. The number of ketones is 1. The minimum atomic E-state index is -0.0378. The number of carbonyl (C=O) groups is 1. The monoisotopic (exact) mass is 392 g/mol. The van der Waals surface area contributed by atoms with Crippen LogP contribution in [0.3, 0.4) is 0 Å². The van der Waals surface area contributed by atoms with Crippen LogP contribution in [0.25, 0.3) is 11.4 Å². The highest BCUT2D eigenvalue weighted by atomic mass is 16.7. The summed E-state index contributed by atoms with van der Waals surface area (Å²) in [4.78, 5) is 23.5. The first-order valence-electron chi connectivity index (χ1n) is 9.65. The third kappa shape index (κ3) is 3.71. The van der Waals surface area contributed by atoms with Crippen LogP contribution in [-0.2, 0) is 6.54 Å². The van der Waals surface area contributed by atoms with Crippen molar-refractivity contribution in [2.45, 2.75) is 19.4 Å². The Morgan fingerprint density at radius 1 is 1.21 bits per heavy atom. The fourth-order valence-electron chi connectivity index (χ4n) is 3.82. The highest BCUT2D eigenvalue weighted by Crippen LogP contribution is 2.35. The number of carbonyl (C=O) groups excluding carboxylic acids is 1. The van der Waals surface area contributed by atoms with Gasteiger partial charge in [-0.05, 0) is 49.7 Å². The molecule has 2 aromatic heterocycles. The summed E-state index contributed by atoms with van der Waals surface area (Å²) in [6.07, 6.45) is 5.16. The summed E-state index contributed by atoms with van der Waals surface area (Å²) in [6.45, 7) is 2.33. The normalized spacial score (nSPS) is 18.7. The van der Waals surface area contributed by atoms with Crippen LogP contribution in [0.5, 0.6) is 11.5 Å². The molecule has 1 saturated heterocycles. The molecule has 1 fully saturated rings. The van der Waals surface area contributed by atoms with E-state index in [9.17, 15) is 4.79 Å². The van der Waals surface area contributed by atoms with Gasteiger partial charge in [0.1, 0.15) is 0 Å². The predicted octanol–water partition coefficient (Wildman–Crippen LogP) is 2.96. The predicted molar refractivity (Wildman–Crippen MR) is 102 cm³/mol. The Hall–Kier alpha value is -3.26. The molecule has 0 amide bonds. The van der Waals surface area contributed by atoms with E-state index in [1.54, 1.807) is 18.5 Å². The van der Waals surface area contributed by atoms with Crippen LogP contribution < -0.4 is 9.47 Å². The van der Waals surface area contributed by atoms with Crippen LogP contribution in [0, 0.1) is 5.92 Å². The molecule has 5 rings (SSSR count). The van der Waals surface area contributed by atoms with Crippen molar-refractivity contribution in [1.82, 2.24) is 20.0 Å². The topological polar surface area (TPSA) is 90.6 Å². The van der Waals surface area contributed by atoms with Crippen LogP contribution in [0.1, 0.15) is 29.1 Å². The lowest BCUT2D eigenvalue weighted by molar-refractivity contribution is 0.0796. The maximum absolute atomic E-state index is 12.7. The Balaban J connectivity index is 1.25. The summed E-state index contributed by atoms with van der Waals surface area (Å²) < 4.78 is 16.2. The largest absolute Gasteiger partial charge is 0.454 e. The van der Waals surface area contributed by atoms with Gasteiger partial charge in [-0.2, -0.15) is 4.98 Å². The van der Waals surface area contributed by atoms with Gasteiger partial charge in [0.15, 0.2) is 17.3 Å². The van der Waals surface area contributed by atoms with Crippen LogP contribution in [0.4, 0.5) is 0 Å². The lowest BCUT2D eigenvalue weighted by atomic mass is 9.90. The number of likely N-dealkylation sites (tertiary alicyclic amines) is 1. The summed E-state index contributed by atoms with van der Waals surface area (Å²) in [6, 6.07) is 9.19. The zero-order valence-electron chi connectivity index (χ0n) is 15.8. The van der Waals surface area contributed by atoms with Gasteiger partial charge in [0.25, 0.3) is 0 Å². The van der Waals surface area contributed by atoms with Crippen molar-refractivity contribution in [3.05, 3.63) is 54.2 Å². The van der Waals surface area contributed by atoms with Crippen molar-refractivity contribution in [3.63, 3.8) is 0 Å². The number of Topliss-reactive ketones (excluding diaryl/α,β-unsaturated/α-hetero) is 1. The first-order valence-corrected chi connectivity index (χ1v) is 9.65. The number of pyridine rings is 1. The van der Waals surface area contributed by atoms with Gasteiger partial charge in [-0.15, -0.1) is 0 Å². The van der Waals surface area contributed by atoms with Gasteiger partial charge in [0.2, 0.25) is 18.5 Å². The average Bonchev–Trinajstić information content (AvgIpc) is 3.43. The number of benzene rings is 1. The Morgan fingerprint density at radius 2 is 2.14 bits per heavy atom. The Bertz CT molecular complexity index is 1020. The van der Waals surface area contributed by atoms with Gasteiger partial charge >= 0.3 is 0 Å². The first-order chi connectivity index (χ1) is 14.3. The van der Waals surface area contributed by atoms with E-state index in [1.807, 2.05) is 24.3 Å². The number of nitrogens with zero attached hydrogens (tertiary/aromatic N) is 4. The second-order valence-corrected chi connectivity index (χ2v) is 7.26. The Morgan fingerprint density at radius 3 is 3.03 bits per heavy atom. The number of aromatic nitrogens is 3. The van der Waals surface area contributed by atoms with Crippen LogP contribution >= 0.6 is 0 Å². The molecule has 2 aliphatic heterocycles. The number of fused-ring (bicyclic) bond motifs is 1. The van der Waals surface area contributed by atoms with E-state index in [0.717, 1.165) is 30.7 Å². The van der Waals surface area contributed by atoms with Gasteiger partial charge in [-0.1, -0.05) is 5.16 Å². The molecule has 0 N–H and O–H groups in total. The fourth-order valence-corrected chi connectivity index (χ4v) is 3.82. The molecule has 0 bridgehead atoms. The first kappa shape index (κ1) is 17.8. The third-order valence-corrected chi connectivity index (χ3v) is 5.28. The molecule has 4 heterocycles. The van der Waals surface area contributed by atoms with Crippen LogP contribution in [0.15, 0.2) is 47.2 Å². The zero-order chi connectivity index (χ0) is 19.6. The second-order valence-electron chi connectivity index (χ2n) is 7.26. The lowest BCUT2D eigenvalue weighted by Gasteiger charge is -2.30. The molecule has 8 nitrogen and oxygen atoms in total. The minimum Gasteiger partial charge on any atom is -0.454 e. The molecule has 3 aromatic rings. The Labute approximate surface area is 167 Å². The molecule has 29 heavy (non-hydrogen) atoms. The smallest absolute Gasteiger partial charge is 0.241 e. The molecule has 1 aromatic carbocycles. The quantitative estimate of drug-likeness (QED) is 0.612. The second kappa shape index (κ2) is 7.63. The standard InChI is InChI=1S/C21H20N4O4/c26-20(15-3-1-7-22-10-15)16-4-2-8-25(11-16)12-19-23-21(24-29-19)14-5-6-17-18(9-14)28-13-27-17/h1,3,5-7,9-10,16H,2,4,8,11-13H2. The van der Waals surface area contributed by atoms with Crippen LogP contribution in [0.2, 0.25) is 0 Å². The molecular weight excluding hydrogens is 372 g/mol. The molecule has 0 aliphatic carbocycles. The average molecular weight is 392 g/mol. The molecule has 1 unspecified atom stereocenters. The maximum atomic E-state index is 12.7. The van der Waals surface area contributed by atoms with Crippen molar-refractivity contribution >= 4 is 5.78 Å². The summed E-state index contributed by atoms with van der Waals surface area (Å²) in [7, 11) is 0. The van der Waals surface area contributed by atoms with E-state index in [1.165, 1.54) is 0 Å². The van der Waals surface area contributed by atoms with Gasteiger partial charge in [0.05, 0.1) is 6.54 Å². The van der Waals surface area contributed by atoms with E-state index in [-0.39, 0.29) is 18.5 Å². The van der Waals surface area contributed by atoms with E-state index < -0.39 is 0 Å². The number of rotatable bonds is 5. The zero-order valence-corrected chi connectivity index (χ0v) is 15.8. The molecule has 0 radical (unpaired) electrons. The molecule has 8 heteroatoms. The summed E-state index contributed by atoms with van der Waals surface area (Å²) >= 11 is 0. The van der Waals surface area contributed by atoms with E-state index in [0.29, 0.717) is 36.1 Å². The van der Waals surface area contributed by atoms with Gasteiger partial charge < -0.3 is 14.0 Å². The fraction of sp³-hybridized carbons (Fsp3) is 0.333. The van der Waals surface area contributed by atoms with Crippen molar-refractivity contribution in [3.8, 4) is 22.9 Å². The van der Waals surface area contributed by atoms with Gasteiger partial charge in [-0.3, -0.25) is 14.7 Å². The molecular formula is C21H20N4O4. The molecule has 2 aliphatic rings.